The van der Waals surface area contributed by atoms with E-state index >= 15 is 0 Å². The van der Waals surface area contributed by atoms with Crippen molar-refractivity contribution >= 4 is 104 Å². The molecule has 0 aliphatic carbocycles. The molecule has 3 amide bonds. The Morgan fingerprint density at radius 1 is 0.438 bits per heavy atom. The van der Waals surface area contributed by atoms with E-state index in [0.717, 1.165) is 25.1 Å². The number of aromatic nitrogens is 3. The third-order valence-corrected chi connectivity index (χ3v) is 16.5. The molecule has 9 aromatic rings. The highest BCUT2D eigenvalue weighted by molar-refractivity contribution is 6.05. The number of rotatable bonds is 30. The van der Waals surface area contributed by atoms with E-state index < -0.39 is 151 Å². The fraction of sp³-hybridized carbons (Fsp3) is 0.194. The van der Waals surface area contributed by atoms with E-state index in [0.29, 0.717) is 60.5 Å². The SMILES string of the molecule is CC(=O)C(NC(=O)CCC(CCC(=O)NC(Cc1c[nH]c2c(-c3cc(C(=O)O)cc(C(=O)O)c3)cccc12)C(=O)O)(CCC(=O)NC(Cc1c[nH]c2c(-c3cc(C(=O)O)cc(C(=O)O)c3)cccc12)C(=O)O)[N+](=O)[O-])c1c[nH]c2c(-c3cc(C(=O)O)cc(C(=O)O)c3)cccc12. The molecule has 0 spiro atoms. The molecule has 29 heteroatoms. The number of nitrogens with one attached hydrogen (secondary N) is 6. The maximum Gasteiger partial charge on any atom is 0.335 e. The molecule has 96 heavy (non-hydrogen) atoms. The third kappa shape index (κ3) is 14.7. The van der Waals surface area contributed by atoms with E-state index in [4.69, 9.17) is 0 Å². The summed E-state index contributed by atoms with van der Waals surface area (Å²) in [5.74, 6) is -15.2. The lowest BCUT2D eigenvalue weighted by atomic mass is 9.83. The molecule has 0 bridgehead atoms. The number of fused-ring (bicyclic) bond motifs is 3. The maximum absolute atomic E-state index is 14.1. The molecule has 3 atom stereocenters. The quantitative estimate of drug-likeness (QED) is 0.0149. The molecule has 0 aliphatic rings. The number of hydrogen-bond donors (Lipinski definition) is 14. The minimum absolute atomic E-state index is 0.171. The number of carbonyl (C=O) groups excluding carboxylic acids is 4. The average Bonchev–Trinajstić information content (AvgIpc) is 1.58. The summed E-state index contributed by atoms with van der Waals surface area (Å²) < 4.78 is 0. The third-order valence-electron chi connectivity index (χ3n) is 16.5. The molecule has 3 unspecified atom stereocenters. The number of nitro groups is 1. The topological polar surface area (TPSA) is 493 Å². The van der Waals surface area contributed by atoms with Gasteiger partial charge in [0.15, 0.2) is 5.78 Å². The number of nitrogens with zero attached hydrogens (tertiary/aromatic N) is 1. The molecule has 0 radical (unpaired) electrons. The number of Topliss-reactive ketones (excluding diaryl/α,β-unsaturated/α-hetero) is 1. The number of aromatic amines is 3. The average molecular weight is 1310 g/mol. The van der Waals surface area contributed by atoms with Crippen LogP contribution in [-0.4, -0.2) is 150 Å². The van der Waals surface area contributed by atoms with Crippen molar-refractivity contribution in [2.75, 3.05) is 0 Å². The predicted molar refractivity (Wildman–Crippen MR) is 338 cm³/mol. The van der Waals surface area contributed by atoms with E-state index in [1.165, 1.54) is 61.1 Å². The van der Waals surface area contributed by atoms with Crippen LogP contribution in [0.3, 0.4) is 0 Å². The number of aliphatic carboxylic acids is 2. The van der Waals surface area contributed by atoms with Crippen LogP contribution >= 0.6 is 0 Å². The van der Waals surface area contributed by atoms with Gasteiger partial charge in [-0.3, -0.25) is 29.3 Å². The van der Waals surface area contributed by atoms with Crippen LogP contribution in [-0.2, 0) is 41.6 Å². The number of carboxylic acid groups (broad SMARTS) is 8. The summed E-state index contributed by atoms with van der Waals surface area (Å²) in [6, 6.07) is 19.6. The largest absolute Gasteiger partial charge is 0.480 e. The summed E-state index contributed by atoms with van der Waals surface area (Å²) in [6.07, 6.45) is -1.20. The zero-order chi connectivity index (χ0) is 69.6. The van der Waals surface area contributed by atoms with Crippen LogP contribution in [0, 0.1) is 10.1 Å². The van der Waals surface area contributed by atoms with E-state index in [-0.39, 0.29) is 55.6 Å². The number of para-hydroxylation sites is 3. The highest BCUT2D eigenvalue weighted by Gasteiger charge is 2.44. The van der Waals surface area contributed by atoms with E-state index in [1.54, 1.807) is 48.5 Å². The fourth-order valence-corrected chi connectivity index (χ4v) is 11.7. The molecule has 0 aliphatic heterocycles. The van der Waals surface area contributed by atoms with Gasteiger partial charge in [0.2, 0.25) is 23.3 Å². The highest BCUT2D eigenvalue weighted by Crippen LogP contribution is 2.37. The normalized spacial score (nSPS) is 12.8. The summed E-state index contributed by atoms with van der Waals surface area (Å²) in [5.41, 5.74) is -1.03. The van der Waals surface area contributed by atoms with Crippen molar-refractivity contribution in [3.8, 4) is 33.4 Å². The van der Waals surface area contributed by atoms with Gasteiger partial charge in [-0.15, -0.1) is 0 Å². The zero-order valence-corrected chi connectivity index (χ0v) is 50.3. The Labute approximate surface area is 539 Å². The Kier molecular flexibility index (Phi) is 19.7. The Balaban J connectivity index is 0.965. The first-order valence-corrected chi connectivity index (χ1v) is 29.2. The van der Waals surface area contributed by atoms with Gasteiger partial charge < -0.3 is 71.8 Å². The number of benzene rings is 6. The van der Waals surface area contributed by atoms with Crippen molar-refractivity contribution in [3.63, 3.8) is 0 Å². The van der Waals surface area contributed by atoms with Gasteiger partial charge in [0.1, 0.15) is 18.1 Å². The number of aromatic carboxylic acids is 6. The standard InChI is InChI=1S/C67H57N7O22/c1-31(75)55(49-30-70-58-45(7-4-10-48(49)58)34-21-39(63(87)88)25-40(22-34)64(89)90)73-54(78)13-16-67(74(95)96,14-11-52(76)71-50(65(91)92)26-41-28-68-56-43(5-2-8-46(41)56)32-17-35(59(79)80)23-36(18-32)60(81)82)15-12-53(77)72-51(66(93)94)27-42-29-69-57-44(6-3-9-47(42)57)33-19-37(61(83)84)24-38(20-33)62(85)86/h2-10,17-25,28-30,50-51,55,68-70H,11-16,26-27H2,1H3,(H,71,76)(H,72,77)(H,73,78)(H,79,80)(H,81,82)(H,83,84)(H,85,86)(H,87,88)(H,89,90)(H,91,92)(H,93,94). The van der Waals surface area contributed by atoms with Crippen LogP contribution in [0.2, 0.25) is 0 Å². The van der Waals surface area contributed by atoms with Gasteiger partial charge in [-0.25, -0.2) is 38.4 Å². The smallest absolute Gasteiger partial charge is 0.335 e. The van der Waals surface area contributed by atoms with Crippen LogP contribution in [0.1, 0.15) is 130 Å². The highest BCUT2D eigenvalue weighted by atomic mass is 16.6. The molecule has 0 saturated carbocycles. The predicted octanol–water partition coefficient (Wildman–Crippen LogP) is 8.05. The molecule has 6 aromatic carbocycles. The molecule has 29 nitrogen and oxygen atoms in total. The number of carbonyl (C=O) groups is 12. The second-order valence-electron chi connectivity index (χ2n) is 22.7. The van der Waals surface area contributed by atoms with Crippen molar-refractivity contribution in [1.29, 1.82) is 0 Å². The monoisotopic (exact) mass is 1310 g/mol. The first-order chi connectivity index (χ1) is 45.5. The van der Waals surface area contributed by atoms with Gasteiger partial charge in [0, 0.05) is 113 Å². The minimum Gasteiger partial charge on any atom is -0.480 e. The Morgan fingerprint density at radius 2 is 0.740 bits per heavy atom. The fourth-order valence-electron chi connectivity index (χ4n) is 11.7. The number of amides is 3. The van der Waals surface area contributed by atoms with Crippen molar-refractivity contribution in [3.05, 3.63) is 188 Å². The molecular formula is C67H57N7O22. The van der Waals surface area contributed by atoms with E-state index in [1.807, 2.05) is 0 Å². The first-order valence-electron chi connectivity index (χ1n) is 29.2. The molecule has 0 saturated heterocycles. The van der Waals surface area contributed by atoms with Gasteiger partial charge in [-0.05, 0) is 89.3 Å². The van der Waals surface area contributed by atoms with E-state index in [2.05, 4.69) is 30.9 Å². The Hall–Kier alpha value is -12.8. The zero-order valence-electron chi connectivity index (χ0n) is 50.3. The summed E-state index contributed by atoms with van der Waals surface area (Å²) >= 11 is 0. The van der Waals surface area contributed by atoms with Crippen LogP contribution in [0.4, 0.5) is 0 Å². The summed E-state index contributed by atoms with van der Waals surface area (Å²) in [4.78, 5) is 175. The molecular weight excluding hydrogens is 1250 g/mol. The van der Waals surface area contributed by atoms with Crippen LogP contribution in [0.15, 0.2) is 128 Å². The lowest BCUT2D eigenvalue weighted by Gasteiger charge is -2.26. The lowest BCUT2D eigenvalue weighted by molar-refractivity contribution is -0.573. The molecule has 3 heterocycles. The van der Waals surface area contributed by atoms with Gasteiger partial charge in [-0.1, -0.05) is 54.6 Å². The van der Waals surface area contributed by atoms with Crippen LogP contribution in [0.5, 0.6) is 0 Å². The van der Waals surface area contributed by atoms with Crippen molar-refractivity contribution < 1.29 is 103 Å². The van der Waals surface area contributed by atoms with Gasteiger partial charge in [0.25, 0.3) is 0 Å². The second kappa shape index (κ2) is 28.0. The maximum atomic E-state index is 14.1. The summed E-state index contributed by atoms with van der Waals surface area (Å²) in [7, 11) is 0. The van der Waals surface area contributed by atoms with Gasteiger partial charge >= 0.3 is 47.8 Å². The summed E-state index contributed by atoms with van der Waals surface area (Å²) in [5, 5.41) is 101. The number of hydrogen-bond acceptors (Lipinski definition) is 14. The first kappa shape index (κ1) is 67.6. The molecule has 0 fully saturated rings. The van der Waals surface area contributed by atoms with Gasteiger partial charge in [0.05, 0.1) is 49.9 Å². The number of H-pyrrole nitrogens is 3. The molecule has 3 aromatic heterocycles. The number of ketones is 1. The van der Waals surface area contributed by atoms with Crippen LogP contribution < -0.4 is 16.0 Å². The van der Waals surface area contributed by atoms with E-state index in [9.17, 15) is 109 Å². The minimum atomic E-state index is -2.40. The van der Waals surface area contributed by atoms with Crippen molar-refractivity contribution in [2.24, 2.45) is 0 Å². The molecule has 9 rings (SSSR count). The molecule has 492 valence electrons. The molecule has 14 N–H and O–H groups in total. The van der Waals surface area contributed by atoms with Crippen molar-refractivity contribution in [1.82, 2.24) is 30.9 Å². The van der Waals surface area contributed by atoms with Crippen LogP contribution in [0.25, 0.3) is 66.1 Å². The number of carboxylic acids is 8. The Bertz CT molecular complexity index is 4460. The lowest BCUT2D eigenvalue weighted by Crippen LogP contribution is -2.46. The summed E-state index contributed by atoms with van der Waals surface area (Å²) in [6.45, 7) is 1.14. The Morgan fingerprint density at radius 3 is 1.04 bits per heavy atom. The van der Waals surface area contributed by atoms with Crippen molar-refractivity contribution in [2.45, 2.75) is 82.0 Å². The second-order valence-corrected chi connectivity index (χ2v) is 22.7. The van der Waals surface area contributed by atoms with Gasteiger partial charge in [-0.2, -0.15) is 0 Å².